The Kier molecular flexibility index (Phi) is 4.87. The van der Waals surface area contributed by atoms with Gasteiger partial charge in [-0.15, -0.1) is 0 Å². The van der Waals surface area contributed by atoms with Gasteiger partial charge in [-0.05, 0) is 0 Å². The molecule has 1 aliphatic rings. The molecule has 112 valence electrons. The molecule has 22 heavy (non-hydrogen) atoms. The van der Waals surface area contributed by atoms with E-state index in [1.54, 1.807) is 0 Å². The molecule has 1 saturated carbocycles. The van der Waals surface area contributed by atoms with Crippen LogP contribution in [0.5, 0.6) is 0 Å². The maximum absolute atomic E-state index is 12.8. The summed E-state index contributed by atoms with van der Waals surface area (Å²) >= 11 is 0.0217. The zero-order valence-electron chi connectivity index (χ0n) is 12.3. The topological polar surface area (TPSA) is 34.1 Å². The quantitative estimate of drug-likeness (QED) is 0.623. The van der Waals surface area contributed by atoms with Crippen LogP contribution in [-0.2, 0) is 4.79 Å². The van der Waals surface area contributed by atoms with Crippen molar-refractivity contribution in [3.05, 3.63) is 66.2 Å². The molecule has 0 amide bonds. The Labute approximate surface area is 137 Å². The molecule has 2 nitrogen and oxygen atoms in total. The second-order valence-corrected chi connectivity index (χ2v) is 8.10. The number of benzene rings is 2. The van der Waals surface area contributed by atoms with E-state index in [2.05, 4.69) is 12.1 Å². The number of carbonyl (C=O) groups is 2. The molecule has 2 aromatic rings. The Bertz CT molecular complexity index is 652. The Hall–Kier alpha value is -1.70. The molecule has 0 bridgehead atoms. The normalized spacial score (nSPS) is 21.5. The van der Waals surface area contributed by atoms with Gasteiger partial charge in [-0.1, -0.05) is 0 Å². The molecule has 1 fully saturated rings. The molecular weight excluding hydrogens is 339 g/mol. The number of Topliss-reactive ketones (excluding diaryl/α,β-unsaturated/α-hetero) is 2. The summed E-state index contributed by atoms with van der Waals surface area (Å²) in [4.78, 5) is 25.1. The Morgan fingerprint density at radius 3 is 2.27 bits per heavy atom. The third-order valence-corrected chi connectivity index (χ3v) is 6.94. The predicted octanol–water partition coefficient (Wildman–Crippen LogP) is 3.06. The number of hydrogen-bond acceptors (Lipinski definition) is 2. The molecule has 0 heterocycles. The molecule has 2 unspecified atom stereocenters. The van der Waals surface area contributed by atoms with Crippen molar-refractivity contribution >= 4 is 31.0 Å². The fraction of sp³-hybridized carbons (Fsp3) is 0.263. The molecule has 0 aromatic heterocycles. The fourth-order valence-electron chi connectivity index (χ4n) is 2.89. The van der Waals surface area contributed by atoms with Crippen LogP contribution in [0.15, 0.2) is 60.7 Å². The third-order valence-electron chi connectivity index (χ3n) is 4.02. The van der Waals surface area contributed by atoms with Gasteiger partial charge in [0.25, 0.3) is 0 Å². The Morgan fingerprint density at radius 1 is 0.955 bits per heavy atom. The Balaban J connectivity index is 1.84. The average molecular weight is 357 g/mol. The van der Waals surface area contributed by atoms with Gasteiger partial charge in [0, 0.05) is 0 Å². The summed E-state index contributed by atoms with van der Waals surface area (Å²) in [5.74, 6) is 0.254. The third kappa shape index (κ3) is 3.37. The van der Waals surface area contributed by atoms with Gasteiger partial charge < -0.3 is 0 Å². The van der Waals surface area contributed by atoms with Crippen molar-refractivity contribution in [3.8, 4) is 0 Å². The van der Waals surface area contributed by atoms with E-state index in [-0.39, 0.29) is 37.3 Å². The van der Waals surface area contributed by atoms with Crippen molar-refractivity contribution in [1.29, 1.82) is 0 Å². The van der Waals surface area contributed by atoms with E-state index in [1.165, 1.54) is 4.46 Å². The second-order valence-electron chi connectivity index (χ2n) is 5.55. The predicted molar refractivity (Wildman–Crippen MR) is 88.7 cm³/mol. The van der Waals surface area contributed by atoms with Crippen molar-refractivity contribution in [2.45, 2.75) is 24.1 Å². The zero-order chi connectivity index (χ0) is 15.4. The van der Waals surface area contributed by atoms with E-state index in [4.69, 9.17) is 0 Å². The van der Waals surface area contributed by atoms with Gasteiger partial charge in [-0.3, -0.25) is 0 Å². The van der Waals surface area contributed by atoms with Gasteiger partial charge >= 0.3 is 137 Å². The SMILES string of the molecule is O=C(c1ccccc1)C1CCCC(=O)C1[Se]c1ccccc1. The standard InChI is InChI=1S/C19H18O2Se/c20-17-13-7-12-16(18(21)14-8-3-1-4-9-14)19(17)22-15-10-5-2-6-11-15/h1-6,8-11,16,19H,7,12-13H2. The van der Waals surface area contributed by atoms with E-state index in [1.807, 2.05) is 48.5 Å². The van der Waals surface area contributed by atoms with E-state index in [0.717, 1.165) is 18.4 Å². The number of carbonyl (C=O) groups excluding carboxylic acids is 2. The van der Waals surface area contributed by atoms with Crippen LogP contribution < -0.4 is 4.46 Å². The monoisotopic (exact) mass is 358 g/mol. The molecule has 0 radical (unpaired) electrons. The van der Waals surface area contributed by atoms with Crippen molar-refractivity contribution in [2.75, 3.05) is 0 Å². The van der Waals surface area contributed by atoms with Gasteiger partial charge in [0.1, 0.15) is 0 Å². The molecule has 2 aromatic carbocycles. The van der Waals surface area contributed by atoms with Gasteiger partial charge in [0.05, 0.1) is 0 Å². The molecule has 2 atom stereocenters. The van der Waals surface area contributed by atoms with Crippen LogP contribution in [0.25, 0.3) is 0 Å². The maximum atomic E-state index is 12.8. The van der Waals surface area contributed by atoms with Crippen LogP contribution in [0.1, 0.15) is 29.6 Å². The summed E-state index contributed by atoms with van der Waals surface area (Å²) in [5, 5.41) is 0. The van der Waals surface area contributed by atoms with Crippen LogP contribution >= 0.6 is 0 Å². The summed E-state index contributed by atoms with van der Waals surface area (Å²) in [5.41, 5.74) is 0.732. The number of ketones is 2. The first-order valence-electron chi connectivity index (χ1n) is 7.59. The second kappa shape index (κ2) is 7.04. The first-order valence-corrected chi connectivity index (χ1v) is 9.44. The molecule has 0 aliphatic heterocycles. The van der Waals surface area contributed by atoms with E-state index >= 15 is 0 Å². The van der Waals surface area contributed by atoms with Gasteiger partial charge in [-0.25, -0.2) is 0 Å². The van der Waals surface area contributed by atoms with Crippen molar-refractivity contribution in [1.82, 2.24) is 0 Å². The van der Waals surface area contributed by atoms with Gasteiger partial charge in [0.15, 0.2) is 0 Å². The fourth-order valence-corrected chi connectivity index (χ4v) is 5.58. The molecule has 0 N–H and O–H groups in total. The van der Waals surface area contributed by atoms with Gasteiger partial charge in [0.2, 0.25) is 0 Å². The molecule has 0 spiro atoms. The zero-order valence-corrected chi connectivity index (χ0v) is 14.0. The van der Waals surface area contributed by atoms with Crippen LogP contribution in [0.4, 0.5) is 0 Å². The van der Waals surface area contributed by atoms with Crippen LogP contribution in [0, 0.1) is 5.92 Å². The molecule has 3 rings (SSSR count). The summed E-state index contributed by atoms with van der Waals surface area (Å²) < 4.78 is 1.20. The van der Waals surface area contributed by atoms with Gasteiger partial charge in [-0.2, -0.15) is 0 Å². The molecular formula is C19H18O2Se. The molecule has 1 aliphatic carbocycles. The summed E-state index contributed by atoms with van der Waals surface area (Å²) in [6.45, 7) is 0. The summed E-state index contributed by atoms with van der Waals surface area (Å²) in [6.07, 6.45) is 2.29. The Morgan fingerprint density at radius 2 is 1.59 bits per heavy atom. The van der Waals surface area contributed by atoms with Crippen LogP contribution in [-0.4, -0.2) is 26.5 Å². The minimum atomic E-state index is -0.149. The van der Waals surface area contributed by atoms with Crippen molar-refractivity contribution in [3.63, 3.8) is 0 Å². The average Bonchev–Trinajstić information content (AvgIpc) is 2.58. The van der Waals surface area contributed by atoms with E-state index in [0.29, 0.717) is 6.42 Å². The van der Waals surface area contributed by atoms with E-state index < -0.39 is 0 Å². The molecule has 3 heteroatoms. The van der Waals surface area contributed by atoms with Crippen molar-refractivity contribution in [2.24, 2.45) is 5.92 Å². The van der Waals surface area contributed by atoms with E-state index in [9.17, 15) is 9.59 Å². The first-order chi connectivity index (χ1) is 10.8. The first kappa shape index (κ1) is 15.2. The minimum absolute atomic E-state index is 0.0217. The van der Waals surface area contributed by atoms with Crippen LogP contribution in [0.2, 0.25) is 4.82 Å². The van der Waals surface area contributed by atoms with Crippen molar-refractivity contribution < 1.29 is 9.59 Å². The number of rotatable bonds is 4. The number of hydrogen-bond donors (Lipinski definition) is 0. The summed E-state index contributed by atoms with van der Waals surface area (Å²) in [7, 11) is 0. The molecule has 0 saturated heterocycles. The van der Waals surface area contributed by atoms with Crippen LogP contribution in [0.3, 0.4) is 0 Å². The summed E-state index contributed by atoms with van der Waals surface area (Å²) in [6, 6.07) is 19.5.